The Morgan fingerprint density at radius 2 is 2.04 bits per heavy atom. The highest BCUT2D eigenvalue weighted by Gasteiger charge is 2.12. The first-order chi connectivity index (χ1) is 12.2. The summed E-state index contributed by atoms with van der Waals surface area (Å²) < 4.78 is 7.02. The lowest BCUT2D eigenvalue weighted by atomic mass is 10.2. The molecule has 1 amide bonds. The highest BCUT2D eigenvalue weighted by atomic mass is 32.1. The number of hydrogen-bond donors (Lipinski definition) is 1. The van der Waals surface area contributed by atoms with Crippen molar-refractivity contribution in [1.82, 2.24) is 4.57 Å². The van der Waals surface area contributed by atoms with Gasteiger partial charge in [-0.25, -0.2) is 4.79 Å². The second-order valence-corrected chi connectivity index (χ2v) is 6.59. The molecule has 0 aliphatic heterocycles. The summed E-state index contributed by atoms with van der Waals surface area (Å²) in [5, 5.41) is 5.67. The first kappa shape index (κ1) is 15.4. The summed E-state index contributed by atoms with van der Waals surface area (Å²) in [5.41, 5.74) is 1.34. The van der Waals surface area contributed by atoms with Crippen LogP contribution < -0.4 is 10.9 Å². The van der Waals surface area contributed by atoms with Crippen molar-refractivity contribution >= 4 is 33.9 Å². The average molecular weight is 350 g/mol. The van der Waals surface area contributed by atoms with Gasteiger partial charge in [-0.3, -0.25) is 4.79 Å². The number of anilines is 1. The van der Waals surface area contributed by atoms with Crippen molar-refractivity contribution in [3.63, 3.8) is 0 Å². The van der Waals surface area contributed by atoms with Crippen LogP contribution in [-0.2, 0) is 6.54 Å². The molecule has 3 heterocycles. The van der Waals surface area contributed by atoms with Gasteiger partial charge in [-0.15, -0.1) is 11.3 Å². The van der Waals surface area contributed by atoms with E-state index in [1.807, 2.05) is 34.3 Å². The fourth-order valence-electron chi connectivity index (χ4n) is 2.67. The predicted octanol–water partition coefficient (Wildman–Crippen LogP) is 3.96. The maximum Gasteiger partial charge on any atom is 0.336 e. The van der Waals surface area contributed by atoms with E-state index >= 15 is 0 Å². The molecule has 0 bridgehead atoms. The zero-order chi connectivity index (χ0) is 17.2. The molecule has 5 nitrogen and oxygen atoms in total. The van der Waals surface area contributed by atoms with Crippen LogP contribution in [0.3, 0.4) is 0 Å². The molecule has 0 fully saturated rings. The van der Waals surface area contributed by atoms with E-state index in [1.54, 1.807) is 41.7 Å². The van der Waals surface area contributed by atoms with Gasteiger partial charge >= 0.3 is 5.63 Å². The molecule has 1 aromatic carbocycles. The number of aromatic nitrogens is 1. The van der Waals surface area contributed by atoms with Crippen molar-refractivity contribution in [3.05, 3.63) is 87.2 Å². The summed E-state index contributed by atoms with van der Waals surface area (Å²) in [4.78, 5) is 25.0. The van der Waals surface area contributed by atoms with E-state index in [9.17, 15) is 9.59 Å². The molecule has 4 rings (SSSR count). The third-order valence-electron chi connectivity index (χ3n) is 3.85. The lowest BCUT2D eigenvalue weighted by Gasteiger charge is -2.09. The van der Waals surface area contributed by atoms with Gasteiger partial charge in [0.2, 0.25) is 0 Å². The zero-order valence-corrected chi connectivity index (χ0v) is 14.0. The minimum atomic E-state index is -0.393. The summed E-state index contributed by atoms with van der Waals surface area (Å²) in [7, 11) is 0. The Hall–Kier alpha value is -3.12. The fraction of sp³-hybridized carbons (Fsp3) is 0.0526. The highest BCUT2D eigenvalue weighted by Crippen LogP contribution is 2.19. The van der Waals surface area contributed by atoms with Gasteiger partial charge in [0.25, 0.3) is 5.91 Å². The molecule has 0 saturated carbocycles. The lowest BCUT2D eigenvalue weighted by molar-refractivity contribution is 0.101. The Balaban J connectivity index is 1.57. The predicted molar refractivity (Wildman–Crippen MR) is 98.3 cm³/mol. The Morgan fingerprint density at radius 3 is 2.88 bits per heavy atom. The van der Waals surface area contributed by atoms with E-state index in [1.165, 1.54) is 10.9 Å². The molecule has 0 saturated heterocycles. The molecule has 0 aliphatic carbocycles. The minimum absolute atomic E-state index is 0.182. The molecular weight excluding hydrogens is 336 g/mol. The molecule has 0 unspecified atom stereocenters. The van der Waals surface area contributed by atoms with E-state index in [-0.39, 0.29) is 5.91 Å². The Labute approximate surface area is 147 Å². The number of nitrogens with zero attached hydrogens (tertiary/aromatic N) is 1. The Morgan fingerprint density at radius 1 is 1.12 bits per heavy atom. The van der Waals surface area contributed by atoms with Crippen LogP contribution in [0.5, 0.6) is 0 Å². The SMILES string of the molecule is O=C(Nc1ccc2oc(=O)ccc2c1)c1cccn1Cc1cccs1. The van der Waals surface area contributed by atoms with Crippen LogP contribution in [0.2, 0.25) is 0 Å². The van der Waals surface area contributed by atoms with Crippen molar-refractivity contribution in [2.75, 3.05) is 5.32 Å². The van der Waals surface area contributed by atoms with Gasteiger partial charge in [-0.05, 0) is 47.8 Å². The average Bonchev–Trinajstić information content (AvgIpc) is 3.27. The second kappa shape index (κ2) is 6.41. The molecule has 124 valence electrons. The highest BCUT2D eigenvalue weighted by molar-refractivity contribution is 7.09. The maximum atomic E-state index is 12.6. The van der Waals surface area contributed by atoms with Gasteiger partial charge in [0, 0.05) is 28.2 Å². The smallest absolute Gasteiger partial charge is 0.336 e. The van der Waals surface area contributed by atoms with E-state index < -0.39 is 5.63 Å². The second-order valence-electron chi connectivity index (χ2n) is 5.56. The minimum Gasteiger partial charge on any atom is -0.423 e. The van der Waals surface area contributed by atoms with Gasteiger partial charge in [0.05, 0.1) is 6.54 Å². The van der Waals surface area contributed by atoms with Crippen molar-refractivity contribution in [2.24, 2.45) is 0 Å². The summed E-state index contributed by atoms with van der Waals surface area (Å²) in [5.74, 6) is -0.182. The Kier molecular flexibility index (Phi) is 3.95. The summed E-state index contributed by atoms with van der Waals surface area (Å²) >= 11 is 1.66. The number of hydrogen-bond acceptors (Lipinski definition) is 4. The fourth-order valence-corrected chi connectivity index (χ4v) is 3.38. The number of carbonyl (C=O) groups excluding carboxylic acids is 1. The molecule has 0 radical (unpaired) electrons. The number of nitrogens with one attached hydrogen (secondary N) is 1. The number of rotatable bonds is 4. The molecule has 0 aliphatic rings. The van der Waals surface area contributed by atoms with E-state index in [2.05, 4.69) is 5.32 Å². The summed E-state index contributed by atoms with van der Waals surface area (Å²) in [6, 6.07) is 15.9. The number of benzene rings is 1. The van der Waals surface area contributed by atoms with Crippen LogP contribution in [0.25, 0.3) is 11.0 Å². The van der Waals surface area contributed by atoms with Gasteiger partial charge in [0.15, 0.2) is 0 Å². The van der Waals surface area contributed by atoms with E-state index in [4.69, 9.17) is 4.42 Å². The monoisotopic (exact) mass is 350 g/mol. The largest absolute Gasteiger partial charge is 0.423 e. The maximum absolute atomic E-state index is 12.6. The first-order valence-corrected chi connectivity index (χ1v) is 8.60. The van der Waals surface area contributed by atoms with Crippen LogP contribution in [-0.4, -0.2) is 10.5 Å². The quantitative estimate of drug-likeness (QED) is 0.567. The van der Waals surface area contributed by atoms with Crippen LogP contribution in [0, 0.1) is 0 Å². The topological polar surface area (TPSA) is 64.2 Å². The van der Waals surface area contributed by atoms with Crippen molar-refractivity contribution < 1.29 is 9.21 Å². The van der Waals surface area contributed by atoms with Crippen LogP contribution in [0.1, 0.15) is 15.4 Å². The number of carbonyl (C=O) groups is 1. The van der Waals surface area contributed by atoms with Gasteiger partial charge in [0.1, 0.15) is 11.3 Å². The third-order valence-corrected chi connectivity index (χ3v) is 4.71. The zero-order valence-electron chi connectivity index (χ0n) is 13.1. The van der Waals surface area contributed by atoms with Crippen LogP contribution in [0.4, 0.5) is 5.69 Å². The molecule has 0 atom stereocenters. The van der Waals surface area contributed by atoms with Gasteiger partial charge < -0.3 is 14.3 Å². The molecular formula is C19H14N2O3S. The molecule has 0 spiro atoms. The third kappa shape index (κ3) is 3.25. The molecule has 4 aromatic rings. The molecule has 25 heavy (non-hydrogen) atoms. The molecule has 6 heteroatoms. The number of thiophene rings is 1. The number of amides is 1. The van der Waals surface area contributed by atoms with Crippen LogP contribution >= 0.6 is 11.3 Å². The van der Waals surface area contributed by atoms with Gasteiger partial charge in [-0.1, -0.05) is 6.07 Å². The van der Waals surface area contributed by atoms with E-state index in [0.29, 0.717) is 23.5 Å². The van der Waals surface area contributed by atoms with Crippen molar-refractivity contribution in [3.8, 4) is 0 Å². The Bertz CT molecular complexity index is 1090. The van der Waals surface area contributed by atoms with Gasteiger partial charge in [-0.2, -0.15) is 0 Å². The molecule has 1 N–H and O–H groups in total. The summed E-state index contributed by atoms with van der Waals surface area (Å²) in [6.07, 6.45) is 1.89. The van der Waals surface area contributed by atoms with Crippen molar-refractivity contribution in [2.45, 2.75) is 6.54 Å². The van der Waals surface area contributed by atoms with E-state index in [0.717, 1.165) is 5.39 Å². The van der Waals surface area contributed by atoms with Crippen LogP contribution in [0.15, 0.2) is 75.4 Å². The summed E-state index contributed by atoms with van der Waals surface area (Å²) in [6.45, 7) is 0.663. The molecule has 3 aromatic heterocycles. The standard InChI is InChI=1S/C19H14N2O3S/c22-18-8-5-13-11-14(6-7-17(13)24-18)20-19(23)16-4-1-9-21(16)12-15-3-2-10-25-15/h1-11H,12H2,(H,20,23). The van der Waals surface area contributed by atoms with Crippen molar-refractivity contribution in [1.29, 1.82) is 0 Å². The first-order valence-electron chi connectivity index (χ1n) is 7.72. The lowest BCUT2D eigenvalue weighted by Crippen LogP contribution is -2.17. The normalized spacial score (nSPS) is 10.9. The number of fused-ring (bicyclic) bond motifs is 1.